The van der Waals surface area contributed by atoms with E-state index in [1.165, 1.54) is 12.8 Å². The predicted molar refractivity (Wildman–Crippen MR) is 151 cm³/mol. The maximum absolute atomic E-state index is 13.8. The average Bonchev–Trinajstić information content (AvgIpc) is 3.54. The van der Waals surface area contributed by atoms with Gasteiger partial charge in [0.05, 0.1) is 16.8 Å². The summed E-state index contributed by atoms with van der Waals surface area (Å²) < 4.78 is 3.64. The first-order valence-electron chi connectivity index (χ1n) is 13.2. The molecule has 2 fully saturated rings. The van der Waals surface area contributed by atoms with Gasteiger partial charge < -0.3 is 24.6 Å². The average molecular weight is 518 g/mol. The van der Waals surface area contributed by atoms with Gasteiger partial charge in [0.15, 0.2) is 5.65 Å². The Morgan fingerprint density at radius 2 is 1.71 bits per heavy atom. The molecule has 0 bridgehead atoms. The van der Waals surface area contributed by atoms with Crippen LogP contribution in [0.25, 0.3) is 28.8 Å². The van der Waals surface area contributed by atoms with Crippen LogP contribution in [0.2, 0.25) is 0 Å². The number of nitrogens with zero attached hydrogens (tertiary/aromatic N) is 6. The number of pyridine rings is 2. The number of piperazine rings is 1. The van der Waals surface area contributed by atoms with Gasteiger partial charge in [-0.2, -0.15) is 0 Å². The van der Waals surface area contributed by atoms with Gasteiger partial charge in [0.1, 0.15) is 17.0 Å². The highest BCUT2D eigenvalue weighted by atomic mass is 16.2. The van der Waals surface area contributed by atoms with Crippen molar-refractivity contribution in [1.29, 1.82) is 0 Å². The SMILES string of the molecule is C=Cc1c(C=C)n2c3nc(N4CCN(C(C)=O)CC4)ccc3c(=O)c(C(=O)NCCN3CCCC3)c2n1C. The monoisotopic (exact) mass is 517 g/mol. The van der Waals surface area contributed by atoms with Gasteiger partial charge in [0, 0.05) is 53.2 Å². The quantitative estimate of drug-likeness (QED) is 0.515. The van der Waals surface area contributed by atoms with Crippen LogP contribution in [0.1, 0.15) is 41.5 Å². The first-order valence-corrected chi connectivity index (χ1v) is 13.2. The number of aryl methyl sites for hydroxylation is 1. The Morgan fingerprint density at radius 1 is 1.03 bits per heavy atom. The van der Waals surface area contributed by atoms with Crippen LogP contribution in [0.4, 0.5) is 5.82 Å². The van der Waals surface area contributed by atoms with Crippen molar-refractivity contribution >= 4 is 46.5 Å². The van der Waals surface area contributed by atoms with Crippen LogP contribution in [0.15, 0.2) is 30.1 Å². The number of amides is 2. The van der Waals surface area contributed by atoms with Gasteiger partial charge in [0.2, 0.25) is 11.3 Å². The van der Waals surface area contributed by atoms with Crippen molar-refractivity contribution in [2.24, 2.45) is 7.05 Å². The summed E-state index contributed by atoms with van der Waals surface area (Å²) in [5.41, 5.74) is 2.09. The zero-order chi connectivity index (χ0) is 27.0. The molecular weight excluding hydrogens is 482 g/mol. The standard InChI is InChI=1S/C28H35N7O3/c1-5-21-22(6-2)35-26-20(9-10-23(30-26)34-17-15-33(16-18-34)19(3)36)25(37)24(28(35)31(21)4)27(38)29-11-14-32-12-7-8-13-32/h5-6,9-10H,1-2,7-8,11-18H2,3-4H3,(H,29,38). The van der Waals surface area contributed by atoms with Crippen molar-refractivity contribution in [2.75, 3.05) is 57.3 Å². The molecule has 2 saturated heterocycles. The molecule has 2 amide bonds. The number of aromatic nitrogens is 3. The summed E-state index contributed by atoms with van der Waals surface area (Å²) >= 11 is 0. The summed E-state index contributed by atoms with van der Waals surface area (Å²) in [6.45, 7) is 15.4. The minimum atomic E-state index is -0.398. The van der Waals surface area contributed by atoms with E-state index in [4.69, 9.17) is 4.98 Å². The minimum Gasteiger partial charge on any atom is -0.353 e. The number of rotatable bonds is 7. The van der Waals surface area contributed by atoms with Crippen molar-refractivity contribution in [3.63, 3.8) is 0 Å². The number of anilines is 1. The third-order valence-electron chi connectivity index (χ3n) is 7.74. The Labute approximate surface area is 221 Å². The molecule has 0 spiro atoms. The highest BCUT2D eigenvalue weighted by molar-refractivity contribution is 6.04. The van der Waals surface area contributed by atoms with E-state index in [1.54, 1.807) is 29.7 Å². The van der Waals surface area contributed by atoms with Crippen LogP contribution in [-0.4, -0.2) is 87.9 Å². The van der Waals surface area contributed by atoms with Crippen molar-refractivity contribution in [3.05, 3.63) is 52.5 Å². The number of hydrogen-bond donors (Lipinski definition) is 1. The van der Waals surface area contributed by atoms with Gasteiger partial charge in [-0.25, -0.2) is 4.98 Å². The van der Waals surface area contributed by atoms with Gasteiger partial charge in [-0.3, -0.25) is 18.8 Å². The summed E-state index contributed by atoms with van der Waals surface area (Å²) in [5, 5.41) is 3.34. The maximum Gasteiger partial charge on any atom is 0.259 e. The zero-order valence-corrected chi connectivity index (χ0v) is 22.2. The largest absolute Gasteiger partial charge is 0.353 e. The minimum absolute atomic E-state index is 0.0625. The number of carbonyl (C=O) groups is 2. The van der Waals surface area contributed by atoms with Crippen LogP contribution in [-0.2, 0) is 11.8 Å². The molecule has 1 N–H and O–H groups in total. The van der Waals surface area contributed by atoms with E-state index in [9.17, 15) is 14.4 Å². The van der Waals surface area contributed by atoms with Crippen LogP contribution < -0.4 is 15.6 Å². The molecule has 38 heavy (non-hydrogen) atoms. The summed E-state index contributed by atoms with van der Waals surface area (Å²) in [5.74, 6) is 0.382. The lowest BCUT2D eigenvalue weighted by Crippen LogP contribution is -2.48. The lowest BCUT2D eigenvalue weighted by atomic mass is 10.1. The van der Waals surface area contributed by atoms with Crippen molar-refractivity contribution < 1.29 is 9.59 Å². The first-order chi connectivity index (χ1) is 18.3. The van der Waals surface area contributed by atoms with E-state index in [-0.39, 0.29) is 16.9 Å². The number of hydrogen-bond acceptors (Lipinski definition) is 6. The number of likely N-dealkylation sites (tertiary alicyclic amines) is 1. The predicted octanol–water partition coefficient (Wildman–Crippen LogP) is 1.97. The number of imidazole rings is 1. The van der Waals surface area contributed by atoms with Gasteiger partial charge in [-0.15, -0.1) is 0 Å². The summed E-state index contributed by atoms with van der Waals surface area (Å²) in [6.07, 6.45) is 5.75. The van der Waals surface area contributed by atoms with Crippen molar-refractivity contribution in [2.45, 2.75) is 19.8 Å². The van der Waals surface area contributed by atoms with Gasteiger partial charge in [-0.1, -0.05) is 13.2 Å². The van der Waals surface area contributed by atoms with Crippen molar-refractivity contribution in [3.8, 4) is 0 Å². The van der Waals surface area contributed by atoms with E-state index in [0.717, 1.165) is 31.1 Å². The Balaban J connectivity index is 1.60. The Morgan fingerprint density at radius 3 is 2.34 bits per heavy atom. The molecule has 5 rings (SSSR count). The van der Waals surface area contributed by atoms with Gasteiger partial charge in [-0.05, 0) is 50.2 Å². The molecule has 0 aliphatic carbocycles. The molecule has 0 unspecified atom stereocenters. The van der Waals surface area contributed by atoms with E-state index in [1.807, 2.05) is 22.4 Å². The molecule has 200 valence electrons. The van der Waals surface area contributed by atoms with Crippen LogP contribution in [0.3, 0.4) is 0 Å². The first kappa shape index (κ1) is 25.7. The molecule has 2 aliphatic heterocycles. The molecule has 0 radical (unpaired) electrons. The highest BCUT2D eigenvalue weighted by Crippen LogP contribution is 2.26. The maximum atomic E-state index is 13.8. The molecular formula is C28H35N7O3. The number of carbonyl (C=O) groups excluding carboxylic acids is 2. The number of nitrogens with one attached hydrogen (secondary N) is 1. The van der Waals surface area contributed by atoms with Crippen LogP contribution in [0, 0.1) is 0 Å². The fourth-order valence-corrected chi connectivity index (χ4v) is 5.67. The van der Waals surface area contributed by atoms with Gasteiger partial charge >= 0.3 is 0 Å². The van der Waals surface area contributed by atoms with Crippen LogP contribution in [0.5, 0.6) is 0 Å². The molecule has 5 heterocycles. The fraction of sp³-hybridized carbons (Fsp3) is 0.429. The molecule has 0 saturated carbocycles. The highest BCUT2D eigenvalue weighted by Gasteiger charge is 2.27. The smallest absolute Gasteiger partial charge is 0.259 e. The molecule has 10 nitrogen and oxygen atoms in total. The van der Waals surface area contributed by atoms with Crippen molar-refractivity contribution in [1.82, 2.24) is 29.1 Å². The fourth-order valence-electron chi connectivity index (χ4n) is 5.67. The lowest BCUT2D eigenvalue weighted by molar-refractivity contribution is -0.129. The summed E-state index contributed by atoms with van der Waals surface area (Å²) in [6, 6.07) is 3.57. The molecule has 0 aromatic carbocycles. The molecule has 10 heteroatoms. The van der Waals surface area contributed by atoms with E-state index in [2.05, 4.69) is 28.3 Å². The third-order valence-corrected chi connectivity index (χ3v) is 7.74. The Hall–Kier alpha value is -3.92. The second-order valence-electron chi connectivity index (χ2n) is 9.94. The van der Waals surface area contributed by atoms with E-state index >= 15 is 0 Å². The Kier molecular flexibility index (Phi) is 7.07. The van der Waals surface area contributed by atoms with Gasteiger partial charge in [0.25, 0.3) is 5.91 Å². The Bertz CT molecular complexity index is 1490. The second-order valence-corrected chi connectivity index (χ2v) is 9.94. The molecule has 0 atom stereocenters. The zero-order valence-electron chi connectivity index (χ0n) is 22.2. The topological polar surface area (TPSA) is 95.2 Å². The number of fused-ring (bicyclic) bond motifs is 3. The summed E-state index contributed by atoms with van der Waals surface area (Å²) in [7, 11) is 1.82. The molecule has 3 aromatic rings. The molecule has 2 aliphatic rings. The van der Waals surface area contributed by atoms with Crippen LogP contribution >= 0.6 is 0 Å². The lowest BCUT2D eigenvalue weighted by Gasteiger charge is -2.35. The van der Waals surface area contributed by atoms with E-state index < -0.39 is 5.91 Å². The second kappa shape index (κ2) is 10.4. The third kappa shape index (κ3) is 4.38. The normalized spacial score (nSPS) is 16.4. The summed E-state index contributed by atoms with van der Waals surface area (Å²) in [4.78, 5) is 50.2. The van der Waals surface area contributed by atoms with E-state index in [0.29, 0.717) is 55.1 Å². The molecule has 3 aromatic heterocycles.